The van der Waals surface area contributed by atoms with E-state index in [9.17, 15) is 4.79 Å². The second kappa shape index (κ2) is 9.76. The molecule has 10 heteroatoms. The van der Waals surface area contributed by atoms with Gasteiger partial charge in [0.15, 0.2) is 0 Å². The highest BCUT2D eigenvalue weighted by Crippen LogP contribution is 2.33. The van der Waals surface area contributed by atoms with E-state index in [2.05, 4.69) is 21.6 Å². The number of aromatic nitrogens is 6. The van der Waals surface area contributed by atoms with E-state index in [-0.39, 0.29) is 12.3 Å². The summed E-state index contributed by atoms with van der Waals surface area (Å²) >= 11 is 1.59. The summed E-state index contributed by atoms with van der Waals surface area (Å²) in [5, 5.41) is 12.5. The fraction of sp³-hybridized carbons (Fsp3) is 0.333. The Labute approximate surface area is 202 Å². The average Bonchev–Trinajstić information content (AvgIpc) is 3.31. The van der Waals surface area contributed by atoms with Crippen LogP contribution in [0.1, 0.15) is 23.6 Å². The maximum absolute atomic E-state index is 12.5. The van der Waals surface area contributed by atoms with E-state index in [0.29, 0.717) is 12.3 Å². The highest BCUT2D eigenvalue weighted by atomic mass is 32.2. The Bertz CT molecular complexity index is 1390. The Morgan fingerprint density at radius 2 is 1.82 bits per heavy atom. The monoisotopic (exact) mass is 480 g/mol. The molecule has 0 atom stereocenters. The third-order valence-electron chi connectivity index (χ3n) is 5.60. The Morgan fingerprint density at radius 3 is 2.47 bits per heavy atom. The molecule has 0 aliphatic rings. The van der Waals surface area contributed by atoms with Crippen molar-refractivity contribution in [1.82, 2.24) is 29.6 Å². The molecule has 0 aliphatic carbocycles. The molecule has 0 fully saturated rings. The molecule has 0 bridgehead atoms. The van der Waals surface area contributed by atoms with Crippen LogP contribution in [0.25, 0.3) is 16.9 Å². The summed E-state index contributed by atoms with van der Waals surface area (Å²) in [6, 6.07) is 11.8. The Kier molecular flexibility index (Phi) is 6.78. The minimum atomic E-state index is -0.308. The van der Waals surface area contributed by atoms with Gasteiger partial charge in [0.05, 0.1) is 18.0 Å². The molecule has 178 valence electrons. The molecule has 2 aromatic carbocycles. The predicted molar refractivity (Wildman–Crippen MR) is 132 cm³/mol. The summed E-state index contributed by atoms with van der Waals surface area (Å²) < 4.78 is 16.2. The van der Waals surface area contributed by atoms with Gasteiger partial charge in [-0.25, -0.2) is 9.48 Å². The molecule has 0 spiro atoms. The van der Waals surface area contributed by atoms with Crippen molar-refractivity contribution in [2.75, 3.05) is 12.9 Å². The number of ether oxygens (including phenoxy) is 2. The van der Waals surface area contributed by atoms with Gasteiger partial charge in [-0.05, 0) is 73.3 Å². The van der Waals surface area contributed by atoms with Gasteiger partial charge in [-0.2, -0.15) is 14.5 Å². The molecule has 0 saturated carbocycles. The number of benzene rings is 2. The van der Waals surface area contributed by atoms with Gasteiger partial charge in [0.25, 0.3) is 0 Å². The molecule has 0 aliphatic heterocycles. The van der Waals surface area contributed by atoms with Crippen molar-refractivity contribution >= 4 is 11.8 Å². The summed E-state index contributed by atoms with van der Waals surface area (Å²) in [4.78, 5) is 13.5. The molecule has 0 radical (unpaired) electrons. The van der Waals surface area contributed by atoms with E-state index in [0.717, 1.165) is 44.5 Å². The second-order valence-corrected chi connectivity index (χ2v) is 8.71. The van der Waals surface area contributed by atoms with Gasteiger partial charge < -0.3 is 9.47 Å². The van der Waals surface area contributed by atoms with Gasteiger partial charge in [0, 0.05) is 35.7 Å². The lowest BCUT2D eigenvalue weighted by Crippen LogP contribution is -2.23. The first kappa shape index (κ1) is 23.6. The molecule has 2 aromatic heterocycles. The van der Waals surface area contributed by atoms with Crippen LogP contribution in [0.3, 0.4) is 0 Å². The molecule has 0 amide bonds. The lowest BCUT2D eigenvalue weighted by atomic mass is 10.1. The largest absolute Gasteiger partial charge is 0.489 e. The van der Waals surface area contributed by atoms with Crippen molar-refractivity contribution < 1.29 is 9.47 Å². The van der Waals surface area contributed by atoms with E-state index in [1.165, 1.54) is 9.36 Å². The van der Waals surface area contributed by atoms with Crippen molar-refractivity contribution in [3.8, 4) is 28.6 Å². The smallest absolute Gasteiger partial charge is 0.368 e. The first-order valence-electron chi connectivity index (χ1n) is 10.9. The van der Waals surface area contributed by atoms with E-state index < -0.39 is 0 Å². The van der Waals surface area contributed by atoms with Crippen molar-refractivity contribution in [1.29, 1.82) is 0 Å². The molecular formula is C24H28N6O3S. The molecule has 4 rings (SSSR count). The summed E-state index contributed by atoms with van der Waals surface area (Å²) in [5.41, 5.74) is 5.11. The van der Waals surface area contributed by atoms with E-state index in [4.69, 9.17) is 9.47 Å². The van der Waals surface area contributed by atoms with Crippen molar-refractivity contribution in [3.05, 3.63) is 63.6 Å². The van der Waals surface area contributed by atoms with Crippen LogP contribution in [0.15, 0.2) is 46.1 Å². The van der Waals surface area contributed by atoms with Gasteiger partial charge in [0.2, 0.25) is 5.88 Å². The molecule has 0 saturated heterocycles. The van der Waals surface area contributed by atoms with Gasteiger partial charge in [-0.1, -0.05) is 6.07 Å². The number of hydrogen-bond donors (Lipinski definition) is 0. The zero-order chi connectivity index (χ0) is 24.4. The van der Waals surface area contributed by atoms with E-state index >= 15 is 0 Å². The van der Waals surface area contributed by atoms with Gasteiger partial charge in [-0.3, -0.25) is 0 Å². The zero-order valence-corrected chi connectivity index (χ0v) is 21.0. The average molecular weight is 481 g/mol. The summed E-state index contributed by atoms with van der Waals surface area (Å²) in [7, 11) is 3.46. The van der Waals surface area contributed by atoms with Crippen LogP contribution in [-0.2, 0) is 20.7 Å². The number of hydrogen-bond acceptors (Lipinski definition) is 7. The maximum Gasteiger partial charge on any atom is 0.368 e. The van der Waals surface area contributed by atoms with Crippen molar-refractivity contribution in [2.45, 2.75) is 32.3 Å². The van der Waals surface area contributed by atoms with Crippen LogP contribution >= 0.6 is 11.8 Å². The predicted octanol–water partition coefficient (Wildman–Crippen LogP) is 3.68. The first-order chi connectivity index (χ1) is 16.3. The maximum atomic E-state index is 12.5. The molecule has 34 heavy (non-hydrogen) atoms. The highest BCUT2D eigenvalue weighted by molar-refractivity contribution is 7.98. The molecular weight excluding hydrogens is 452 g/mol. The van der Waals surface area contributed by atoms with Crippen LogP contribution in [0.2, 0.25) is 0 Å². The van der Waals surface area contributed by atoms with Crippen molar-refractivity contribution in [2.24, 2.45) is 14.1 Å². The number of rotatable bonds is 8. The summed E-state index contributed by atoms with van der Waals surface area (Å²) in [6.07, 6.45) is 1.99. The van der Waals surface area contributed by atoms with Crippen LogP contribution in [0.5, 0.6) is 11.6 Å². The quantitative estimate of drug-likeness (QED) is 0.355. The van der Waals surface area contributed by atoms with Crippen LogP contribution in [-0.4, -0.2) is 42.4 Å². The zero-order valence-electron chi connectivity index (χ0n) is 20.2. The fourth-order valence-corrected chi connectivity index (χ4v) is 4.51. The Hall–Kier alpha value is -3.53. The number of thioether (sulfide) groups is 1. The fourth-order valence-electron chi connectivity index (χ4n) is 3.89. The molecule has 4 aromatic rings. The van der Waals surface area contributed by atoms with E-state index in [1.54, 1.807) is 23.5 Å². The highest BCUT2D eigenvalue weighted by Gasteiger charge is 2.18. The molecule has 0 unspecified atom stereocenters. The summed E-state index contributed by atoms with van der Waals surface area (Å²) in [6.45, 7) is 6.86. The standard InChI is InChI=1S/C24H28N6O3S/c1-7-32-23-16(3)22(25-28(23)4)17-11-12-20(15(2)13-17)33-14-18-19(9-8-10-21(18)34-6)30-24(31)29(5)26-27-30/h8-13H,7,14H2,1-6H3. The normalized spacial score (nSPS) is 11.1. The van der Waals surface area contributed by atoms with Crippen LogP contribution in [0, 0.1) is 13.8 Å². The van der Waals surface area contributed by atoms with Crippen LogP contribution in [0.4, 0.5) is 0 Å². The molecule has 2 heterocycles. The third-order valence-corrected chi connectivity index (χ3v) is 6.42. The minimum absolute atomic E-state index is 0.284. The summed E-state index contributed by atoms with van der Waals surface area (Å²) in [5.74, 6) is 1.53. The van der Waals surface area contributed by atoms with E-state index in [1.807, 2.05) is 64.4 Å². The Morgan fingerprint density at radius 1 is 1.03 bits per heavy atom. The topological polar surface area (TPSA) is 89.0 Å². The van der Waals surface area contributed by atoms with Gasteiger partial charge >= 0.3 is 5.69 Å². The lowest BCUT2D eigenvalue weighted by Gasteiger charge is -2.15. The van der Waals surface area contributed by atoms with Gasteiger partial charge in [-0.15, -0.1) is 11.8 Å². The lowest BCUT2D eigenvalue weighted by molar-refractivity contribution is 0.300. The number of nitrogens with zero attached hydrogens (tertiary/aromatic N) is 6. The Balaban J connectivity index is 1.63. The minimum Gasteiger partial charge on any atom is -0.489 e. The molecule has 0 N–H and O–H groups in total. The third kappa shape index (κ3) is 4.33. The van der Waals surface area contributed by atoms with Crippen LogP contribution < -0.4 is 15.2 Å². The van der Waals surface area contributed by atoms with Crippen molar-refractivity contribution in [3.63, 3.8) is 0 Å². The second-order valence-electron chi connectivity index (χ2n) is 7.86. The first-order valence-corrected chi connectivity index (χ1v) is 12.1. The van der Waals surface area contributed by atoms with Gasteiger partial charge in [0.1, 0.15) is 12.4 Å². The SMILES string of the molecule is CCOc1c(C)c(-c2ccc(OCc3c(SC)cccc3-n3nnn(C)c3=O)c(C)c2)nn1C. The number of aryl methyl sites for hydroxylation is 3. The number of tetrazole rings is 1. The molecule has 9 nitrogen and oxygen atoms in total.